The first-order valence-corrected chi connectivity index (χ1v) is 7.56. The molecule has 102 valence electrons. The summed E-state index contributed by atoms with van der Waals surface area (Å²) in [7, 11) is 0. The number of Topliss-reactive ketones (excluding diaryl/α,β-unsaturated/α-hetero) is 1. The summed E-state index contributed by atoms with van der Waals surface area (Å²) in [4.78, 5) is 12.0. The number of carbonyl (C=O) groups excluding carboxylic acids is 1. The van der Waals surface area contributed by atoms with E-state index >= 15 is 0 Å². The molecule has 1 aromatic rings. The SMILES string of the molecule is O=C1CC(Oc2cc(Br)ccc2F)C12CCCCC2. The molecule has 2 aliphatic carbocycles. The second-order valence-corrected chi connectivity index (χ2v) is 6.44. The van der Waals surface area contributed by atoms with Crippen LogP contribution in [0.2, 0.25) is 0 Å². The fourth-order valence-electron chi connectivity index (χ4n) is 3.27. The van der Waals surface area contributed by atoms with Gasteiger partial charge in [-0.2, -0.15) is 0 Å². The number of carbonyl (C=O) groups is 1. The van der Waals surface area contributed by atoms with Crippen molar-refractivity contribution >= 4 is 21.7 Å². The van der Waals surface area contributed by atoms with Crippen LogP contribution in [0.25, 0.3) is 0 Å². The smallest absolute Gasteiger partial charge is 0.165 e. The van der Waals surface area contributed by atoms with E-state index in [9.17, 15) is 9.18 Å². The van der Waals surface area contributed by atoms with Crippen LogP contribution in [0.1, 0.15) is 38.5 Å². The Labute approximate surface area is 120 Å². The molecule has 0 amide bonds. The van der Waals surface area contributed by atoms with Crippen LogP contribution in [0.5, 0.6) is 5.75 Å². The Hall–Kier alpha value is -0.900. The number of hydrogen-bond donors (Lipinski definition) is 0. The van der Waals surface area contributed by atoms with E-state index in [-0.39, 0.29) is 23.1 Å². The third-order valence-corrected chi connectivity index (χ3v) is 4.94. The monoisotopic (exact) mass is 326 g/mol. The summed E-state index contributed by atoms with van der Waals surface area (Å²) < 4.78 is 20.3. The molecule has 0 bridgehead atoms. The average molecular weight is 327 g/mol. The molecule has 1 unspecified atom stereocenters. The highest BCUT2D eigenvalue weighted by atomic mass is 79.9. The normalized spacial score (nSPS) is 25.2. The van der Waals surface area contributed by atoms with Crippen molar-refractivity contribution in [2.24, 2.45) is 5.41 Å². The van der Waals surface area contributed by atoms with Crippen LogP contribution in [0.15, 0.2) is 22.7 Å². The molecule has 0 radical (unpaired) electrons. The van der Waals surface area contributed by atoms with E-state index in [0.29, 0.717) is 12.2 Å². The summed E-state index contributed by atoms with van der Waals surface area (Å²) in [6, 6.07) is 4.66. The molecular formula is C15H16BrFO2. The highest BCUT2D eigenvalue weighted by molar-refractivity contribution is 9.10. The van der Waals surface area contributed by atoms with Crippen molar-refractivity contribution in [3.8, 4) is 5.75 Å². The van der Waals surface area contributed by atoms with Crippen LogP contribution in [0.3, 0.4) is 0 Å². The van der Waals surface area contributed by atoms with Gasteiger partial charge in [0.1, 0.15) is 11.9 Å². The zero-order valence-corrected chi connectivity index (χ0v) is 12.2. The summed E-state index contributed by atoms with van der Waals surface area (Å²) in [5, 5.41) is 0. The van der Waals surface area contributed by atoms with Crippen LogP contribution in [0, 0.1) is 11.2 Å². The molecule has 1 aromatic carbocycles. The molecule has 0 aliphatic heterocycles. The van der Waals surface area contributed by atoms with Gasteiger partial charge in [-0.15, -0.1) is 0 Å². The predicted octanol–water partition coefficient (Wildman–Crippen LogP) is 4.26. The molecule has 2 fully saturated rings. The first-order chi connectivity index (χ1) is 9.12. The van der Waals surface area contributed by atoms with Gasteiger partial charge in [-0.3, -0.25) is 4.79 Å². The van der Waals surface area contributed by atoms with E-state index in [4.69, 9.17) is 4.74 Å². The number of benzene rings is 1. The zero-order chi connectivity index (χ0) is 13.5. The van der Waals surface area contributed by atoms with Gasteiger partial charge in [-0.25, -0.2) is 4.39 Å². The van der Waals surface area contributed by atoms with Crippen molar-refractivity contribution in [3.05, 3.63) is 28.5 Å². The highest BCUT2D eigenvalue weighted by Gasteiger charge is 2.56. The molecule has 0 heterocycles. The van der Waals surface area contributed by atoms with E-state index in [0.717, 1.165) is 30.2 Å². The van der Waals surface area contributed by atoms with Crippen molar-refractivity contribution in [1.82, 2.24) is 0 Å². The lowest BCUT2D eigenvalue weighted by Gasteiger charge is -2.49. The highest BCUT2D eigenvalue weighted by Crippen LogP contribution is 2.50. The van der Waals surface area contributed by atoms with E-state index in [2.05, 4.69) is 15.9 Å². The molecular weight excluding hydrogens is 311 g/mol. The lowest BCUT2D eigenvalue weighted by molar-refractivity contribution is -0.156. The Morgan fingerprint density at radius 3 is 2.68 bits per heavy atom. The van der Waals surface area contributed by atoms with Crippen LogP contribution in [-0.4, -0.2) is 11.9 Å². The van der Waals surface area contributed by atoms with E-state index in [1.54, 1.807) is 12.1 Å². The molecule has 1 spiro atoms. The number of ketones is 1. The molecule has 2 saturated carbocycles. The van der Waals surface area contributed by atoms with E-state index in [1.807, 2.05) is 0 Å². The third-order valence-electron chi connectivity index (χ3n) is 4.45. The molecule has 0 saturated heterocycles. The average Bonchev–Trinajstić information content (AvgIpc) is 2.43. The Morgan fingerprint density at radius 1 is 1.26 bits per heavy atom. The second-order valence-electron chi connectivity index (χ2n) is 5.53. The van der Waals surface area contributed by atoms with Crippen molar-refractivity contribution in [2.75, 3.05) is 0 Å². The summed E-state index contributed by atoms with van der Waals surface area (Å²) >= 11 is 3.31. The van der Waals surface area contributed by atoms with E-state index < -0.39 is 0 Å². The van der Waals surface area contributed by atoms with Crippen molar-refractivity contribution < 1.29 is 13.9 Å². The quantitative estimate of drug-likeness (QED) is 0.811. The van der Waals surface area contributed by atoms with Gasteiger partial charge < -0.3 is 4.74 Å². The molecule has 3 rings (SSSR count). The Bertz CT molecular complexity index is 509. The Kier molecular flexibility index (Phi) is 3.37. The summed E-state index contributed by atoms with van der Waals surface area (Å²) in [5.74, 6) is 0.179. The molecule has 19 heavy (non-hydrogen) atoms. The first-order valence-electron chi connectivity index (χ1n) is 6.77. The predicted molar refractivity (Wildman–Crippen MR) is 73.7 cm³/mol. The van der Waals surface area contributed by atoms with Gasteiger partial charge in [0.15, 0.2) is 11.6 Å². The molecule has 1 atom stereocenters. The van der Waals surface area contributed by atoms with Gasteiger partial charge in [-0.1, -0.05) is 35.2 Å². The maximum Gasteiger partial charge on any atom is 0.165 e. The minimum absolute atomic E-state index is 0.149. The number of rotatable bonds is 2. The summed E-state index contributed by atoms with van der Waals surface area (Å²) in [6.07, 6.45) is 5.40. The van der Waals surface area contributed by atoms with Crippen molar-refractivity contribution in [2.45, 2.75) is 44.6 Å². The molecule has 4 heteroatoms. The minimum Gasteiger partial charge on any atom is -0.486 e. The zero-order valence-electron chi connectivity index (χ0n) is 10.6. The molecule has 0 N–H and O–H groups in total. The minimum atomic E-state index is -0.367. The first kappa shape index (κ1) is 13.1. The maximum atomic E-state index is 13.7. The van der Waals surface area contributed by atoms with Gasteiger partial charge >= 0.3 is 0 Å². The van der Waals surface area contributed by atoms with Crippen LogP contribution in [0.4, 0.5) is 4.39 Å². The van der Waals surface area contributed by atoms with Gasteiger partial charge in [0.25, 0.3) is 0 Å². The van der Waals surface area contributed by atoms with Gasteiger partial charge in [0.2, 0.25) is 0 Å². The fourth-order valence-corrected chi connectivity index (χ4v) is 3.61. The summed E-state index contributed by atoms with van der Waals surface area (Å²) in [5.41, 5.74) is -0.326. The maximum absolute atomic E-state index is 13.7. The Balaban J connectivity index is 1.80. The van der Waals surface area contributed by atoms with Gasteiger partial charge in [0.05, 0.1) is 5.41 Å². The standard InChI is InChI=1S/C15H16BrFO2/c16-10-4-5-11(17)12(8-10)19-14-9-13(18)15(14)6-2-1-3-7-15/h4-5,8,14H,1-3,6-7,9H2. The lowest BCUT2D eigenvalue weighted by Crippen LogP contribution is -2.57. The number of ether oxygens (including phenoxy) is 1. The van der Waals surface area contributed by atoms with Gasteiger partial charge in [0, 0.05) is 10.9 Å². The third kappa shape index (κ3) is 2.20. The fraction of sp³-hybridized carbons (Fsp3) is 0.533. The van der Waals surface area contributed by atoms with E-state index in [1.165, 1.54) is 12.5 Å². The number of halogens is 2. The van der Waals surface area contributed by atoms with Crippen LogP contribution in [-0.2, 0) is 4.79 Å². The van der Waals surface area contributed by atoms with Crippen molar-refractivity contribution in [3.63, 3.8) is 0 Å². The molecule has 2 nitrogen and oxygen atoms in total. The van der Waals surface area contributed by atoms with Crippen molar-refractivity contribution in [1.29, 1.82) is 0 Å². The second kappa shape index (κ2) is 4.89. The largest absolute Gasteiger partial charge is 0.486 e. The molecule has 0 aromatic heterocycles. The van der Waals surface area contributed by atoms with Crippen LogP contribution < -0.4 is 4.74 Å². The lowest BCUT2D eigenvalue weighted by atomic mass is 9.57. The van der Waals surface area contributed by atoms with Crippen LogP contribution >= 0.6 is 15.9 Å². The topological polar surface area (TPSA) is 26.3 Å². The number of hydrogen-bond acceptors (Lipinski definition) is 2. The van der Waals surface area contributed by atoms with Gasteiger partial charge in [-0.05, 0) is 31.0 Å². The summed E-state index contributed by atoms with van der Waals surface area (Å²) in [6.45, 7) is 0. The Morgan fingerprint density at radius 2 is 2.00 bits per heavy atom. The molecule has 2 aliphatic rings.